The lowest BCUT2D eigenvalue weighted by Gasteiger charge is -2.43. The van der Waals surface area contributed by atoms with Crippen molar-refractivity contribution in [2.45, 2.75) is 19.0 Å². The summed E-state index contributed by atoms with van der Waals surface area (Å²) in [5, 5.41) is 3.45. The molecule has 4 rings (SSSR count). The second kappa shape index (κ2) is 4.62. The van der Waals surface area contributed by atoms with E-state index in [-0.39, 0.29) is 5.82 Å². The quantitative estimate of drug-likeness (QED) is 0.700. The maximum Gasteiger partial charge on any atom is 0.138 e. The fourth-order valence-electron chi connectivity index (χ4n) is 3.20. The maximum atomic E-state index is 13.9. The summed E-state index contributed by atoms with van der Waals surface area (Å²) in [7, 11) is 0. The van der Waals surface area contributed by atoms with Crippen LogP contribution in [0, 0.1) is 9.39 Å². The maximum absolute atomic E-state index is 13.9. The lowest BCUT2D eigenvalue weighted by Crippen LogP contribution is -2.47. The highest BCUT2D eigenvalue weighted by Crippen LogP contribution is 2.38. The van der Waals surface area contributed by atoms with E-state index in [0.29, 0.717) is 9.61 Å². The fraction of sp³-hybridized carbons (Fsp3) is 0.250. The molecule has 0 radical (unpaired) electrons. The minimum Gasteiger partial charge on any atom is -0.381 e. The summed E-state index contributed by atoms with van der Waals surface area (Å²) in [4.78, 5) is 2.34. The van der Waals surface area contributed by atoms with E-state index in [1.54, 1.807) is 6.07 Å². The molecular weight excluding hydrogens is 366 g/mol. The largest absolute Gasteiger partial charge is 0.381 e. The zero-order valence-electron chi connectivity index (χ0n) is 10.9. The van der Waals surface area contributed by atoms with Crippen LogP contribution in [0.4, 0.5) is 15.8 Å². The molecule has 0 spiro atoms. The van der Waals surface area contributed by atoms with E-state index in [1.807, 2.05) is 28.7 Å². The van der Waals surface area contributed by atoms with Crippen LogP contribution in [-0.4, -0.2) is 12.6 Å². The van der Waals surface area contributed by atoms with Gasteiger partial charge in [-0.1, -0.05) is 24.3 Å². The van der Waals surface area contributed by atoms with E-state index in [1.165, 1.54) is 11.1 Å². The number of halogens is 2. The van der Waals surface area contributed by atoms with Gasteiger partial charge in [0.25, 0.3) is 0 Å². The van der Waals surface area contributed by atoms with Crippen LogP contribution in [0.2, 0.25) is 0 Å². The Morgan fingerprint density at radius 1 is 1.20 bits per heavy atom. The first-order valence-corrected chi connectivity index (χ1v) is 7.86. The predicted octanol–water partition coefficient (Wildman–Crippen LogP) is 3.79. The molecule has 0 aromatic heterocycles. The van der Waals surface area contributed by atoms with Crippen molar-refractivity contribution in [2.24, 2.45) is 0 Å². The van der Waals surface area contributed by atoms with Crippen molar-refractivity contribution in [3.63, 3.8) is 0 Å². The van der Waals surface area contributed by atoms with Crippen LogP contribution in [0.3, 0.4) is 0 Å². The molecule has 102 valence electrons. The van der Waals surface area contributed by atoms with Crippen molar-refractivity contribution < 1.29 is 4.39 Å². The van der Waals surface area contributed by atoms with Gasteiger partial charge in [-0.25, -0.2) is 4.39 Å². The van der Waals surface area contributed by atoms with Gasteiger partial charge in [0.2, 0.25) is 0 Å². The van der Waals surface area contributed by atoms with Gasteiger partial charge in [0.05, 0.1) is 21.0 Å². The molecule has 2 heterocycles. The third-order valence-electron chi connectivity index (χ3n) is 4.23. The monoisotopic (exact) mass is 380 g/mol. The summed E-state index contributed by atoms with van der Waals surface area (Å²) in [6.45, 7) is 1.79. The van der Waals surface area contributed by atoms with Gasteiger partial charge < -0.3 is 10.2 Å². The van der Waals surface area contributed by atoms with Crippen molar-refractivity contribution in [3.05, 3.63) is 56.9 Å². The number of rotatable bonds is 0. The molecule has 4 heteroatoms. The van der Waals surface area contributed by atoms with Gasteiger partial charge in [0, 0.05) is 19.2 Å². The minimum absolute atomic E-state index is 0.134. The second-order valence-electron chi connectivity index (χ2n) is 5.42. The van der Waals surface area contributed by atoms with Crippen molar-refractivity contribution >= 4 is 34.0 Å². The van der Waals surface area contributed by atoms with Crippen molar-refractivity contribution in [3.8, 4) is 0 Å². The van der Waals surface area contributed by atoms with E-state index in [9.17, 15) is 4.39 Å². The molecule has 2 aromatic rings. The minimum atomic E-state index is -0.134. The Kier molecular flexibility index (Phi) is 2.87. The lowest BCUT2D eigenvalue weighted by atomic mass is 9.92. The van der Waals surface area contributed by atoms with Gasteiger partial charge >= 0.3 is 0 Å². The molecule has 0 bridgehead atoms. The Morgan fingerprint density at radius 3 is 2.85 bits per heavy atom. The Bertz CT molecular complexity index is 686. The predicted molar refractivity (Wildman–Crippen MR) is 87.7 cm³/mol. The van der Waals surface area contributed by atoms with Crippen LogP contribution in [0.1, 0.15) is 11.1 Å². The molecule has 0 saturated heterocycles. The van der Waals surface area contributed by atoms with Gasteiger partial charge in [0.15, 0.2) is 0 Å². The number of benzene rings is 2. The Hall–Kier alpha value is -1.30. The highest BCUT2D eigenvalue weighted by molar-refractivity contribution is 14.1. The van der Waals surface area contributed by atoms with Crippen molar-refractivity contribution in [1.82, 2.24) is 0 Å². The van der Waals surface area contributed by atoms with Crippen molar-refractivity contribution in [2.75, 3.05) is 16.8 Å². The molecule has 0 saturated carbocycles. The molecule has 2 aliphatic heterocycles. The number of nitrogens with zero attached hydrogens (tertiary/aromatic N) is 1. The first-order valence-electron chi connectivity index (χ1n) is 6.79. The molecule has 0 fully saturated rings. The number of hydrogen-bond donors (Lipinski definition) is 1. The summed E-state index contributed by atoms with van der Waals surface area (Å²) in [5.41, 5.74) is 4.82. The smallest absolute Gasteiger partial charge is 0.138 e. The lowest BCUT2D eigenvalue weighted by molar-refractivity contribution is 0.556. The Balaban J connectivity index is 1.80. The molecule has 1 N–H and O–H groups in total. The molecule has 2 nitrogen and oxygen atoms in total. The molecule has 2 aromatic carbocycles. The number of anilines is 2. The van der Waals surface area contributed by atoms with Gasteiger partial charge in [-0.15, -0.1) is 0 Å². The highest BCUT2D eigenvalue weighted by atomic mass is 127. The molecule has 1 atom stereocenters. The van der Waals surface area contributed by atoms with Crippen LogP contribution < -0.4 is 10.2 Å². The van der Waals surface area contributed by atoms with E-state index in [4.69, 9.17) is 0 Å². The number of nitrogens with one attached hydrogen (secondary N) is 1. The van der Waals surface area contributed by atoms with Crippen LogP contribution in [-0.2, 0) is 13.0 Å². The zero-order valence-corrected chi connectivity index (χ0v) is 13.0. The third-order valence-corrected chi connectivity index (χ3v) is 5.06. The summed E-state index contributed by atoms with van der Waals surface area (Å²) in [5.74, 6) is -0.134. The van der Waals surface area contributed by atoms with Gasteiger partial charge in [0.1, 0.15) is 5.82 Å². The second-order valence-corrected chi connectivity index (χ2v) is 6.58. The molecule has 2 aliphatic rings. The first kappa shape index (κ1) is 12.4. The van der Waals surface area contributed by atoms with Crippen LogP contribution in [0.5, 0.6) is 0 Å². The standard InChI is InChI=1S/C16H14FIN2/c17-13-6-16-15(7-14(13)18)19-8-12-5-10-3-1-2-4-11(10)9-20(12)16/h1-4,6-7,12,19H,5,8-9H2. The molecule has 20 heavy (non-hydrogen) atoms. The van der Waals surface area contributed by atoms with Gasteiger partial charge in [-0.3, -0.25) is 0 Å². The summed E-state index contributed by atoms with van der Waals surface area (Å²) < 4.78 is 14.6. The summed E-state index contributed by atoms with van der Waals surface area (Å²) in [6.07, 6.45) is 1.02. The first-order chi connectivity index (χ1) is 9.72. The summed E-state index contributed by atoms with van der Waals surface area (Å²) in [6, 6.07) is 12.5. The van der Waals surface area contributed by atoms with Gasteiger partial charge in [-0.05, 0) is 46.2 Å². The van der Waals surface area contributed by atoms with E-state index >= 15 is 0 Å². The van der Waals surface area contributed by atoms with Crippen LogP contribution >= 0.6 is 22.6 Å². The van der Waals surface area contributed by atoms with Gasteiger partial charge in [-0.2, -0.15) is 0 Å². The molecule has 1 unspecified atom stereocenters. The normalized spacial score (nSPS) is 19.7. The Morgan fingerprint density at radius 2 is 2.00 bits per heavy atom. The Labute approximate surface area is 131 Å². The average Bonchev–Trinajstić information content (AvgIpc) is 2.47. The van der Waals surface area contributed by atoms with Crippen LogP contribution in [0.15, 0.2) is 36.4 Å². The van der Waals surface area contributed by atoms with Crippen LogP contribution in [0.25, 0.3) is 0 Å². The fourth-order valence-corrected chi connectivity index (χ4v) is 3.66. The van der Waals surface area contributed by atoms with E-state index < -0.39 is 0 Å². The zero-order chi connectivity index (χ0) is 13.7. The molecular formula is C16H14FIN2. The highest BCUT2D eigenvalue weighted by Gasteiger charge is 2.31. The summed E-state index contributed by atoms with van der Waals surface area (Å²) >= 11 is 2.04. The average molecular weight is 380 g/mol. The van der Waals surface area contributed by atoms with E-state index in [2.05, 4.69) is 34.5 Å². The van der Waals surface area contributed by atoms with Crippen molar-refractivity contribution in [1.29, 1.82) is 0 Å². The third kappa shape index (κ3) is 1.89. The number of fused-ring (bicyclic) bond motifs is 4. The SMILES string of the molecule is Fc1cc2c(cc1I)NCC1Cc3ccccc3CN21. The molecule has 0 aliphatic carbocycles. The number of hydrogen-bond acceptors (Lipinski definition) is 2. The topological polar surface area (TPSA) is 15.3 Å². The molecule has 0 amide bonds. The van der Waals surface area contributed by atoms with E-state index in [0.717, 1.165) is 30.9 Å².